The third-order valence-corrected chi connectivity index (χ3v) is 1.65. The molecule has 0 saturated carbocycles. The van der Waals surface area contributed by atoms with E-state index in [0.717, 1.165) is 6.07 Å². The van der Waals surface area contributed by atoms with Gasteiger partial charge in [0.2, 0.25) is 0 Å². The van der Waals surface area contributed by atoms with Crippen LogP contribution in [0.15, 0.2) is 18.2 Å². The number of nitro groups is 1. The zero-order chi connectivity index (χ0) is 9.84. The quantitative estimate of drug-likeness (QED) is 0.537. The minimum Gasteiger partial charge on any atom is -0.508 e. The highest BCUT2D eigenvalue weighted by molar-refractivity contribution is 5.45. The number of aliphatic hydroxyl groups is 1. The SMILES string of the molecule is O=[N+]([O-])c1cc(O)ccc1CCO. The first kappa shape index (κ1) is 9.47. The number of nitrogens with zero attached hydrogens (tertiary/aromatic N) is 1. The van der Waals surface area contributed by atoms with Gasteiger partial charge in [-0.25, -0.2) is 0 Å². The lowest BCUT2D eigenvalue weighted by Gasteiger charge is -2.00. The Hall–Kier alpha value is -1.62. The maximum atomic E-state index is 10.5. The summed E-state index contributed by atoms with van der Waals surface area (Å²) in [5, 5.41) is 28.1. The molecule has 0 aliphatic rings. The van der Waals surface area contributed by atoms with Crippen LogP contribution in [0.4, 0.5) is 5.69 Å². The number of aromatic hydroxyl groups is 1. The fourth-order valence-corrected chi connectivity index (χ4v) is 1.05. The number of hydrogen-bond acceptors (Lipinski definition) is 4. The fourth-order valence-electron chi connectivity index (χ4n) is 1.05. The van der Waals surface area contributed by atoms with Crippen LogP contribution >= 0.6 is 0 Å². The molecule has 0 radical (unpaired) electrons. The number of aliphatic hydroxyl groups excluding tert-OH is 1. The number of nitro benzene ring substituents is 1. The molecule has 0 bridgehead atoms. The molecular weight excluding hydrogens is 174 g/mol. The maximum Gasteiger partial charge on any atom is 0.276 e. The lowest BCUT2D eigenvalue weighted by atomic mass is 10.1. The highest BCUT2D eigenvalue weighted by Crippen LogP contribution is 2.23. The summed E-state index contributed by atoms with van der Waals surface area (Å²) >= 11 is 0. The second-order valence-electron chi connectivity index (χ2n) is 2.54. The van der Waals surface area contributed by atoms with E-state index in [0.29, 0.717) is 5.56 Å². The van der Waals surface area contributed by atoms with E-state index in [-0.39, 0.29) is 24.5 Å². The van der Waals surface area contributed by atoms with E-state index in [1.165, 1.54) is 12.1 Å². The third-order valence-electron chi connectivity index (χ3n) is 1.65. The summed E-state index contributed by atoms with van der Waals surface area (Å²) in [7, 11) is 0. The molecule has 0 unspecified atom stereocenters. The van der Waals surface area contributed by atoms with Crippen molar-refractivity contribution in [3.63, 3.8) is 0 Å². The zero-order valence-corrected chi connectivity index (χ0v) is 6.80. The van der Waals surface area contributed by atoms with Gasteiger partial charge in [-0.05, 0) is 12.1 Å². The Morgan fingerprint density at radius 2 is 2.15 bits per heavy atom. The van der Waals surface area contributed by atoms with Crippen molar-refractivity contribution in [2.75, 3.05) is 6.61 Å². The highest BCUT2D eigenvalue weighted by atomic mass is 16.6. The molecular formula is C8H9NO4. The Morgan fingerprint density at radius 1 is 1.46 bits per heavy atom. The van der Waals surface area contributed by atoms with Crippen LogP contribution in [0, 0.1) is 10.1 Å². The predicted molar refractivity (Wildman–Crippen MR) is 45.6 cm³/mol. The smallest absolute Gasteiger partial charge is 0.276 e. The van der Waals surface area contributed by atoms with Crippen molar-refractivity contribution < 1.29 is 15.1 Å². The first-order valence-corrected chi connectivity index (χ1v) is 3.72. The van der Waals surface area contributed by atoms with Gasteiger partial charge in [-0.15, -0.1) is 0 Å². The minimum atomic E-state index is -0.579. The monoisotopic (exact) mass is 183 g/mol. The van der Waals surface area contributed by atoms with Crippen molar-refractivity contribution in [2.45, 2.75) is 6.42 Å². The fraction of sp³-hybridized carbons (Fsp3) is 0.250. The summed E-state index contributed by atoms with van der Waals surface area (Å²) in [4.78, 5) is 9.88. The van der Waals surface area contributed by atoms with Gasteiger partial charge in [-0.1, -0.05) is 0 Å². The van der Waals surface area contributed by atoms with Gasteiger partial charge in [0, 0.05) is 18.6 Å². The minimum absolute atomic E-state index is 0.145. The van der Waals surface area contributed by atoms with Crippen LogP contribution in [0.1, 0.15) is 5.56 Å². The van der Waals surface area contributed by atoms with Crippen molar-refractivity contribution in [1.82, 2.24) is 0 Å². The van der Waals surface area contributed by atoms with E-state index in [4.69, 9.17) is 10.2 Å². The molecule has 0 aromatic heterocycles. The second-order valence-corrected chi connectivity index (χ2v) is 2.54. The van der Waals surface area contributed by atoms with Crippen LogP contribution in [0.2, 0.25) is 0 Å². The first-order valence-electron chi connectivity index (χ1n) is 3.72. The molecule has 1 rings (SSSR count). The van der Waals surface area contributed by atoms with E-state index in [2.05, 4.69) is 0 Å². The van der Waals surface area contributed by atoms with Crippen LogP contribution in [-0.2, 0) is 6.42 Å². The van der Waals surface area contributed by atoms with Gasteiger partial charge < -0.3 is 10.2 Å². The number of benzene rings is 1. The molecule has 0 atom stereocenters. The number of hydrogen-bond donors (Lipinski definition) is 2. The zero-order valence-electron chi connectivity index (χ0n) is 6.80. The predicted octanol–water partition coefficient (Wildman–Crippen LogP) is 0.835. The molecule has 1 aromatic rings. The third kappa shape index (κ3) is 2.16. The molecule has 0 amide bonds. The Kier molecular flexibility index (Phi) is 2.81. The number of rotatable bonds is 3. The van der Waals surface area contributed by atoms with Crippen LogP contribution in [0.3, 0.4) is 0 Å². The standard InChI is InChI=1S/C8H9NO4/c10-4-3-6-1-2-7(11)5-8(6)9(12)13/h1-2,5,10-11H,3-4H2. The van der Waals surface area contributed by atoms with E-state index in [1.54, 1.807) is 0 Å². The molecule has 0 spiro atoms. The van der Waals surface area contributed by atoms with E-state index in [9.17, 15) is 10.1 Å². The van der Waals surface area contributed by atoms with Crippen molar-refractivity contribution >= 4 is 5.69 Å². The Bertz CT molecular complexity index is 324. The van der Waals surface area contributed by atoms with Gasteiger partial charge in [0.1, 0.15) is 5.75 Å². The lowest BCUT2D eigenvalue weighted by molar-refractivity contribution is -0.385. The van der Waals surface area contributed by atoms with E-state index < -0.39 is 4.92 Å². The molecule has 0 aliphatic heterocycles. The van der Waals surface area contributed by atoms with Crippen molar-refractivity contribution in [3.05, 3.63) is 33.9 Å². The summed E-state index contributed by atoms with van der Waals surface area (Å²) in [6.07, 6.45) is 0.219. The normalized spacial score (nSPS) is 9.92. The highest BCUT2D eigenvalue weighted by Gasteiger charge is 2.13. The molecule has 5 heteroatoms. The molecule has 5 nitrogen and oxygen atoms in total. The van der Waals surface area contributed by atoms with Gasteiger partial charge in [0.15, 0.2) is 0 Å². The van der Waals surface area contributed by atoms with Crippen LogP contribution in [0.25, 0.3) is 0 Å². The van der Waals surface area contributed by atoms with Gasteiger partial charge in [-0.2, -0.15) is 0 Å². The summed E-state index contributed by atoms with van der Waals surface area (Å²) in [5.41, 5.74) is 0.263. The number of phenols is 1. The summed E-state index contributed by atoms with van der Waals surface area (Å²) < 4.78 is 0. The Labute approximate surface area is 74.4 Å². The van der Waals surface area contributed by atoms with Gasteiger partial charge >= 0.3 is 0 Å². The first-order chi connectivity index (χ1) is 6.15. The molecule has 0 heterocycles. The van der Waals surface area contributed by atoms with Crippen LogP contribution in [-0.4, -0.2) is 21.7 Å². The van der Waals surface area contributed by atoms with Crippen LogP contribution < -0.4 is 0 Å². The molecule has 13 heavy (non-hydrogen) atoms. The summed E-state index contributed by atoms with van der Waals surface area (Å²) in [6, 6.07) is 3.87. The average molecular weight is 183 g/mol. The molecule has 0 saturated heterocycles. The van der Waals surface area contributed by atoms with Crippen LogP contribution in [0.5, 0.6) is 5.75 Å². The average Bonchev–Trinajstić information content (AvgIpc) is 2.08. The van der Waals surface area contributed by atoms with Gasteiger partial charge in [-0.3, -0.25) is 10.1 Å². The summed E-state index contributed by atoms with van der Waals surface area (Å²) in [6.45, 7) is -0.147. The maximum absolute atomic E-state index is 10.5. The van der Waals surface area contributed by atoms with Crippen molar-refractivity contribution in [3.8, 4) is 5.75 Å². The lowest BCUT2D eigenvalue weighted by Crippen LogP contribution is -1.97. The van der Waals surface area contributed by atoms with E-state index in [1.807, 2.05) is 0 Å². The summed E-state index contributed by atoms with van der Waals surface area (Å²) in [5.74, 6) is -0.145. The van der Waals surface area contributed by atoms with Crippen molar-refractivity contribution in [2.24, 2.45) is 0 Å². The van der Waals surface area contributed by atoms with E-state index >= 15 is 0 Å². The van der Waals surface area contributed by atoms with Gasteiger partial charge in [0.05, 0.1) is 11.0 Å². The molecule has 0 aliphatic carbocycles. The Balaban J connectivity index is 3.10. The second kappa shape index (κ2) is 3.86. The molecule has 2 N–H and O–H groups in total. The Morgan fingerprint density at radius 3 is 2.69 bits per heavy atom. The molecule has 70 valence electrons. The van der Waals surface area contributed by atoms with Gasteiger partial charge in [0.25, 0.3) is 5.69 Å². The molecule has 0 fully saturated rings. The topological polar surface area (TPSA) is 83.6 Å². The number of phenolic OH excluding ortho intramolecular Hbond substituents is 1. The molecule has 1 aromatic carbocycles. The van der Waals surface area contributed by atoms with Crippen molar-refractivity contribution in [1.29, 1.82) is 0 Å². The largest absolute Gasteiger partial charge is 0.508 e.